The average molecular weight is 392 g/mol. The van der Waals surface area contributed by atoms with E-state index in [-0.39, 0.29) is 11.9 Å². The molecule has 28 heavy (non-hydrogen) atoms. The summed E-state index contributed by atoms with van der Waals surface area (Å²) in [4.78, 5) is 16.2. The molecule has 2 N–H and O–H groups in total. The maximum atomic E-state index is 12.8. The van der Waals surface area contributed by atoms with Gasteiger partial charge in [-0.25, -0.2) is 0 Å². The van der Waals surface area contributed by atoms with Crippen molar-refractivity contribution >= 4 is 34.0 Å². The number of benzene rings is 1. The lowest BCUT2D eigenvalue weighted by Crippen LogP contribution is -2.37. The number of carbonyl (C=O) groups is 1. The number of hydrogen-bond donors (Lipinski definition) is 2. The normalized spacial score (nSPS) is 16.8. The number of rotatable bonds is 4. The molecule has 0 saturated carbocycles. The lowest BCUT2D eigenvalue weighted by atomic mass is 10.2. The molecule has 5 rings (SSSR count). The third-order valence-corrected chi connectivity index (χ3v) is 6.07. The summed E-state index contributed by atoms with van der Waals surface area (Å²) in [6.45, 7) is 1.61. The number of nitrogens with zero attached hydrogens (tertiary/aromatic N) is 4. The molecule has 1 aliphatic heterocycles. The Balaban J connectivity index is 1.28. The fourth-order valence-corrected chi connectivity index (χ4v) is 4.45. The molecule has 8 heteroatoms. The summed E-state index contributed by atoms with van der Waals surface area (Å²) in [6.07, 6.45) is 0.887. The van der Waals surface area contributed by atoms with Crippen LogP contribution >= 0.6 is 11.3 Å². The van der Waals surface area contributed by atoms with Gasteiger partial charge in [0.2, 0.25) is 0 Å². The number of H-pyrrole nitrogens is 1. The van der Waals surface area contributed by atoms with Gasteiger partial charge in [-0.3, -0.25) is 14.6 Å². The van der Waals surface area contributed by atoms with Gasteiger partial charge in [0.05, 0.1) is 16.1 Å². The highest BCUT2D eigenvalue weighted by Gasteiger charge is 2.27. The first-order chi connectivity index (χ1) is 13.7. The van der Waals surface area contributed by atoms with E-state index in [0.717, 1.165) is 41.9 Å². The van der Waals surface area contributed by atoms with Crippen LogP contribution in [0.2, 0.25) is 0 Å². The standard InChI is InChI=1S/C20H20N6OS/c1-25-16-6-3-2-5-14(16)19(24-25)20(27)21-13-8-9-26(12-13)18-11-15(22-23-18)17-7-4-10-28-17/h2-7,10-11,13H,8-9,12H2,1H3,(H,21,27)(H,22,23)/t13-/m1/s1. The number of hydrogen-bond acceptors (Lipinski definition) is 5. The number of amides is 1. The number of fused-ring (bicyclic) bond motifs is 1. The van der Waals surface area contributed by atoms with Crippen LogP contribution in [0.4, 0.5) is 5.82 Å². The van der Waals surface area contributed by atoms with Gasteiger partial charge in [-0.15, -0.1) is 11.3 Å². The lowest BCUT2D eigenvalue weighted by Gasteiger charge is -2.15. The van der Waals surface area contributed by atoms with Crippen molar-refractivity contribution in [1.82, 2.24) is 25.3 Å². The highest BCUT2D eigenvalue weighted by molar-refractivity contribution is 7.13. The smallest absolute Gasteiger partial charge is 0.272 e. The van der Waals surface area contributed by atoms with Crippen molar-refractivity contribution in [1.29, 1.82) is 0 Å². The SMILES string of the molecule is Cn1nc(C(=O)N[C@@H]2CCN(c3cc(-c4cccs4)[nH]n3)C2)c2ccccc21. The Morgan fingerprint density at radius 3 is 3.04 bits per heavy atom. The van der Waals surface area contributed by atoms with Crippen molar-refractivity contribution in [3.63, 3.8) is 0 Å². The van der Waals surface area contributed by atoms with E-state index >= 15 is 0 Å². The van der Waals surface area contributed by atoms with E-state index in [1.165, 1.54) is 4.88 Å². The summed E-state index contributed by atoms with van der Waals surface area (Å²) in [5.74, 6) is 0.799. The predicted molar refractivity (Wildman–Crippen MR) is 111 cm³/mol. The molecule has 0 bridgehead atoms. The largest absolute Gasteiger partial charge is 0.353 e. The van der Waals surface area contributed by atoms with Gasteiger partial charge in [0.15, 0.2) is 11.5 Å². The second-order valence-electron chi connectivity index (χ2n) is 7.01. The average Bonchev–Trinajstić information content (AvgIpc) is 3.48. The molecule has 1 aromatic carbocycles. The highest BCUT2D eigenvalue weighted by atomic mass is 32.1. The topological polar surface area (TPSA) is 78.8 Å². The van der Waals surface area contributed by atoms with Gasteiger partial charge < -0.3 is 10.2 Å². The van der Waals surface area contributed by atoms with Crippen LogP contribution in [0.1, 0.15) is 16.9 Å². The number of para-hydroxylation sites is 1. The summed E-state index contributed by atoms with van der Waals surface area (Å²) in [5.41, 5.74) is 2.46. The molecular formula is C20H20N6OS. The van der Waals surface area contributed by atoms with Crippen LogP contribution in [0.25, 0.3) is 21.5 Å². The molecule has 1 fully saturated rings. The van der Waals surface area contributed by atoms with Crippen LogP contribution in [0, 0.1) is 0 Å². The van der Waals surface area contributed by atoms with Crippen LogP contribution < -0.4 is 10.2 Å². The molecule has 0 aliphatic carbocycles. The van der Waals surface area contributed by atoms with Gasteiger partial charge in [0, 0.05) is 37.6 Å². The minimum absolute atomic E-state index is 0.0788. The maximum absolute atomic E-state index is 12.8. The third kappa shape index (κ3) is 2.95. The van der Waals surface area contributed by atoms with Crippen LogP contribution in [0.5, 0.6) is 0 Å². The van der Waals surface area contributed by atoms with Crippen molar-refractivity contribution < 1.29 is 4.79 Å². The molecule has 0 spiro atoms. The fraction of sp³-hybridized carbons (Fsp3) is 0.250. The van der Waals surface area contributed by atoms with E-state index in [4.69, 9.17) is 0 Å². The molecule has 0 unspecified atom stereocenters. The molecule has 4 aromatic rings. The van der Waals surface area contributed by atoms with Gasteiger partial charge >= 0.3 is 0 Å². The molecule has 4 heterocycles. The summed E-state index contributed by atoms with van der Waals surface area (Å²) < 4.78 is 1.75. The Morgan fingerprint density at radius 1 is 1.29 bits per heavy atom. The number of aromatic nitrogens is 4. The zero-order chi connectivity index (χ0) is 19.1. The van der Waals surface area contributed by atoms with E-state index in [9.17, 15) is 4.79 Å². The molecule has 0 radical (unpaired) electrons. The van der Waals surface area contributed by atoms with Crippen molar-refractivity contribution in [3.8, 4) is 10.6 Å². The molecule has 3 aromatic heterocycles. The highest BCUT2D eigenvalue weighted by Crippen LogP contribution is 2.27. The maximum Gasteiger partial charge on any atom is 0.272 e. The predicted octanol–water partition coefficient (Wildman–Crippen LogP) is 3.03. The lowest BCUT2D eigenvalue weighted by molar-refractivity contribution is 0.0936. The summed E-state index contributed by atoms with van der Waals surface area (Å²) in [5, 5.41) is 18.0. The first-order valence-electron chi connectivity index (χ1n) is 9.26. The Morgan fingerprint density at radius 2 is 2.18 bits per heavy atom. The van der Waals surface area contributed by atoms with E-state index in [0.29, 0.717) is 5.69 Å². The van der Waals surface area contributed by atoms with Crippen molar-refractivity contribution in [2.75, 3.05) is 18.0 Å². The Labute approximate surface area is 166 Å². The van der Waals surface area contributed by atoms with Gasteiger partial charge in [-0.1, -0.05) is 24.3 Å². The molecular weight excluding hydrogens is 372 g/mol. The molecule has 142 valence electrons. The van der Waals surface area contributed by atoms with Crippen LogP contribution in [0.15, 0.2) is 47.8 Å². The Hall–Kier alpha value is -3.13. The van der Waals surface area contributed by atoms with Gasteiger partial charge in [-0.05, 0) is 23.9 Å². The molecule has 1 atom stereocenters. The van der Waals surface area contributed by atoms with Crippen molar-refractivity contribution in [3.05, 3.63) is 53.5 Å². The quantitative estimate of drug-likeness (QED) is 0.560. The van der Waals surface area contributed by atoms with Crippen LogP contribution in [0.3, 0.4) is 0 Å². The van der Waals surface area contributed by atoms with E-state index in [1.54, 1.807) is 16.0 Å². The zero-order valence-electron chi connectivity index (χ0n) is 15.4. The molecule has 1 saturated heterocycles. The summed E-state index contributed by atoms with van der Waals surface area (Å²) in [7, 11) is 1.86. The number of nitrogens with one attached hydrogen (secondary N) is 2. The minimum Gasteiger partial charge on any atom is -0.353 e. The van der Waals surface area contributed by atoms with Gasteiger partial charge in [0.1, 0.15) is 0 Å². The number of aromatic amines is 1. The minimum atomic E-state index is -0.120. The zero-order valence-corrected chi connectivity index (χ0v) is 16.2. The number of anilines is 1. The van der Waals surface area contributed by atoms with Crippen LogP contribution in [-0.4, -0.2) is 45.0 Å². The van der Waals surface area contributed by atoms with Crippen LogP contribution in [-0.2, 0) is 7.05 Å². The first kappa shape index (κ1) is 17.0. The Kier molecular flexibility index (Phi) is 4.12. The van der Waals surface area contributed by atoms with Crippen molar-refractivity contribution in [2.24, 2.45) is 7.05 Å². The molecule has 1 aliphatic rings. The summed E-state index contributed by atoms with van der Waals surface area (Å²) in [6, 6.07) is 14.1. The Bertz CT molecular complexity index is 1130. The number of aryl methyl sites for hydroxylation is 1. The van der Waals surface area contributed by atoms with Gasteiger partial charge in [0.25, 0.3) is 5.91 Å². The fourth-order valence-electron chi connectivity index (χ4n) is 3.75. The van der Waals surface area contributed by atoms with Gasteiger partial charge in [-0.2, -0.15) is 10.2 Å². The second kappa shape index (κ2) is 6.79. The monoisotopic (exact) mass is 392 g/mol. The van der Waals surface area contributed by atoms with E-state index in [1.807, 2.05) is 37.4 Å². The molecule has 1 amide bonds. The van der Waals surface area contributed by atoms with E-state index in [2.05, 4.69) is 43.0 Å². The molecule has 7 nitrogen and oxygen atoms in total. The summed E-state index contributed by atoms with van der Waals surface area (Å²) >= 11 is 1.69. The van der Waals surface area contributed by atoms with Crippen molar-refractivity contribution in [2.45, 2.75) is 12.5 Å². The number of carbonyl (C=O) groups excluding carboxylic acids is 1. The number of thiophene rings is 1. The third-order valence-electron chi connectivity index (χ3n) is 5.17. The second-order valence-corrected chi connectivity index (χ2v) is 7.96. The van der Waals surface area contributed by atoms with E-state index < -0.39 is 0 Å². The first-order valence-corrected chi connectivity index (χ1v) is 10.1.